The average Bonchev–Trinajstić information content (AvgIpc) is 2.95. The van der Waals surface area contributed by atoms with E-state index in [4.69, 9.17) is 0 Å². The maximum Gasteiger partial charge on any atom is 0.416 e. The fourth-order valence-corrected chi connectivity index (χ4v) is 2.27. The number of hydrogen-bond donors (Lipinski definition) is 2. The number of aryl methyl sites for hydroxylation is 1. The zero-order valence-electron chi connectivity index (χ0n) is 15.3. The highest BCUT2D eigenvalue weighted by Gasteiger charge is 2.29. The Labute approximate surface area is 156 Å². The third-order valence-corrected chi connectivity index (χ3v) is 3.96. The average molecular weight is 380 g/mol. The van der Waals surface area contributed by atoms with Crippen molar-refractivity contribution in [2.75, 3.05) is 13.1 Å². The summed E-state index contributed by atoms with van der Waals surface area (Å²) in [6, 6.07) is 5.16. The Hall–Kier alpha value is -2.84. The predicted molar refractivity (Wildman–Crippen MR) is 98.2 cm³/mol. The lowest BCUT2D eigenvalue weighted by atomic mass is 10.1. The van der Waals surface area contributed by atoms with Crippen LogP contribution >= 0.6 is 0 Å². The van der Waals surface area contributed by atoms with Crippen molar-refractivity contribution in [3.05, 3.63) is 59.7 Å². The van der Waals surface area contributed by atoms with E-state index >= 15 is 0 Å². The molecule has 1 heterocycles. The number of aromatic nitrogens is 3. The molecule has 0 amide bonds. The molecule has 0 radical (unpaired) electrons. The van der Waals surface area contributed by atoms with Crippen molar-refractivity contribution in [2.24, 2.45) is 12.0 Å². The lowest BCUT2D eigenvalue weighted by Gasteiger charge is -2.12. The van der Waals surface area contributed by atoms with Crippen LogP contribution in [0.1, 0.15) is 22.8 Å². The van der Waals surface area contributed by atoms with Crippen LogP contribution in [-0.4, -0.2) is 33.8 Å². The Morgan fingerprint density at radius 2 is 1.93 bits per heavy atom. The van der Waals surface area contributed by atoms with Crippen LogP contribution in [0, 0.1) is 6.92 Å². The monoisotopic (exact) mass is 380 g/mol. The number of alkyl halides is 3. The Morgan fingerprint density at radius 1 is 1.22 bits per heavy atom. The summed E-state index contributed by atoms with van der Waals surface area (Å²) in [5, 5.41) is 14.3. The molecule has 1 aromatic heterocycles. The summed E-state index contributed by atoms with van der Waals surface area (Å²) >= 11 is 0. The molecule has 0 aliphatic carbocycles. The van der Waals surface area contributed by atoms with Crippen LogP contribution in [0.5, 0.6) is 0 Å². The van der Waals surface area contributed by atoms with Gasteiger partial charge in [-0.1, -0.05) is 18.2 Å². The molecule has 6 nitrogen and oxygen atoms in total. The van der Waals surface area contributed by atoms with Gasteiger partial charge in [0.05, 0.1) is 5.56 Å². The second-order valence-electron chi connectivity index (χ2n) is 5.93. The summed E-state index contributed by atoms with van der Waals surface area (Å²) in [6.45, 7) is 6.92. The van der Waals surface area contributed by atoms with E-state index in [1.54, 1.807) is 6.08 Å². The van der Waals surface area contributed by atoms with E-state index in [1.807, 2.05) is 18.5 Å². The minimum Gasteiger partial charge on any atom is -0.356 e. The number of hydrogen-bond acceptors (Lipinski definition) is 3. The first kappa shape index (κ1) is 20.5. The van der Waals surface area contributed by atoms with E-state index in [0.717, 1.165) is 29.3 Å². The van der Waals surface area contributed by atoms with Gasteiger partial charge in [0, 0.05) is 20.1 Å². The van der Waals surface area contributed by atoms with Crippen molar-refractivity contribution in [1.29, 1.82) is 0 Å². The zero-order chi connectivity index (χ0) is 19.9. The van der Waals surface area contributed by atoms with Gasteiger partial charge in [-0.2, -0.15) is 13.2 Å². The maximum absolute atomic E-state index is 12.6. The van der Waals surface area contributed by atoms with Gasteiger partial charge in [0.15, 0.2) is 11.8 Å². The smallest absolute Gasteiger partial charge is 0.356 e. The van der Waals surface area contributed by atoms with Crippen LogP contribution in [0.3, 0.4) is 0 Å². The maximum atomic E-state index is 12.6. The Bertz CT molecular complexity index is 777. The van der Waals surface area contributed by atoms with E-state index in [9.17, 15) is 13.2 Å². The van der Waals surface area contributed by atoms with Gasteiger partial charge in [-0.25, -0.2) is 4.99 Å². The van der Waals surface area contributed by atoms with E-state index in [2.05, 4.69) is 32.4 Å². The van der Waals surface area contributed by atoms with Gasteiger partial charge in [0.1, 0.15) is 12.4 Å². The van der Waals surface area contributed by atoms with Gasteiger partial charge in [-0.3, -0.25) is 0 Å². The van der Waals surface area contributed by atoms with Crippen molar-refractivity contribution in [2.45, 2.75) is 26.1 Å². The number of halogens is 3. The molecule has 0 saturated carbocycles. The molecule has 0 aliphatic heterocycles. The van der Waals surface area contributed by atoms with Gasteiger partial charge < -0.3 is 15.2 Å². The molecule has 0 bridgehead atoms. The van der Waals surface area contributed by atoms with Crippen LogP contribution < -0.4 is 10.6 Å². The lowest BCUT2D eigenvalue weighted by Crippen LogP contribution is -2.38. The van der Waals surface area contributed by atoms with Gasteiger partial charge in [-0.05, 0) is 31.0 Å². The van der Waals surface area contributed by atoms with Crippen LogP contribution in [0.15, 0.2) is 41.9 Å². The molecule has 0 aliphatic rings. The first-order valence-corrected chi connectivity index (χ1v) is 8.45. The normalized spacial score (nSPS) is 12.1. The molecule has 9 heteroatoms. The summed E-state index contributed by atoms with van der Waals surface area (Å²) in [4.78, 5) is 4.46. The largest absolute Gasteiger partial charge is 0.416 e. The third-order valence-electron chi connectivity index (χ3n) is 3.96. The number of nitrogens with one attached hydrogen (secondary N) is 2. The highest BCUT2D eigenvalue weighted by molar-refractivity contribution is 5.79. The molecule has 0 atom stereocenters. The molecule has 27 heavy (non-hydrogen) atoms. The summed E-state index contributed by atoms with van der Waals surface area (Å²) in [5.41, 5.74) is 0.163. The number of nitrogens with zero attached hydrogens (tertiary/aromatic N) is 4. The fourth-order valence-electron chi connectivity index (χ4n) is 2.27. The second-order valence-corrected chi connectivity index (χ2v) is 5.93. The summed E-state index contributed by atoms with van der Waals surface area (Å²) < 4.78 is 39.6. The molecule has 146 valence electrons. The number of guanidine groups is 1. The highest BCUT2D eigenvalue weighted by Crippen LogP contribution is 2.29. The molecule has 0 spiro atoms. The highest BCUT2D eigenvalue weighted by atomic mass is 19.4. The standard InChI is InChI=1S/C18H23F3N6/c1-4-10-22-17(24-12-16-26-25-13(2)27(16)3)23-11-9-14-5-7-15(8-6-14)18(19,20)21/h4-8H,1,9-12H2,2-3H3,(H2,22,23,24). The number of aliphatic imine (C=N–C) groups is 1. The van der Waals surface area contributed by atoms with E-state index in [1.165, 1.54) is 12.1 Å². The minimum atomic E-state index is -4.32. The molecular weight excluding hydrogens is 357 g/mol. The summed E-state index contributed by atoms with van der Waals surface area (Å²) in [6.07, 6.45) is -2.04. The first-order valence-electron chi connectivity index (χ1n) is 8.45. The molecule has 0 fully saturated rings. The molecule has 1 aromatic carbocycles. The van der Waals surface area contributed by atoms with Gasteiger partial charge >= 0.3 is 6.18 Å². The molecule has 0 saturated heterocycles. The van der Waals surface area contributed by atoms with Crippen molar-refractivity contribution < 1.29 is 13.2 Å². The van der Waals surface area contributed by atoms with Crippen LogP contribution in [-0.2, 0) is 26.2 Å². The molecule has 2 aromatic rings. The minimum absolute atomic E-state index is 0.351. The fraction of sp³-hybridized carbons (Fsp3) is 0.389. The van der Waals surface area contributed by atoms with E-state index < -0.39 is 11.7 Å². The number of benzene rings is 1. The summed E-state index contributed by atoms with van der Waals surface area (Å²) in [5.74, 6) is 2.11. The Balaban J connectivity index is 1.92. The van der Waals surface area contributed by atoms with Gasteiger partial charge in [0.2, 0.25) is 0 Å². The van der Waals surface area contributed by atoms with Crippen LogP contribution in [0.4, 0.5) is 13.2 Å². The zero-order valence-corrected chi connectivity index (χ0v) is 15.3. The number of rotatable bonds is 7. The van der Waals surface area contributed by atoms with E-state index in [-0.39, 0.29) is 0 Å². The third kappa shape index (κ3) is 6.12. The lowest BCUT2D eigenvalue weighted by molar-refractivity contribution is -0.137. The topological polar surface area (TPSA) is 67.1 Å². The SMILES string of the molecule is C=CCNC(=NCc1nnc(C)n1C)NCCc1ccc(C(F)(F)F)cc1. The molecule has 0 unspecified atom stereocenters. The Kier molecular flexibility index (Phi) is 6.98. The van der Waals surface area contributed by atoms with Crippen LogP contribution in [0.25, 0.3) is 0 Å². The van der Waals surface area contributed by atoms with E-state index in [0.29, 0.717) is 32.0 Å². The van der Waals surface area contributed by atoms with Crippen molar-refractivity contribution in [1.82, 2.24) is 25.4 Å². The summed E-state index contributed by atoms with van der Waals surface area (Å²) in [7, 11) is 1.87. The molecular formula is C18H23F3N6. The first-order chi connectivity index (χ1) is 12.8. The molecule has 2 rings (SSSR count). The van der Waals surface area contributed by atoms with Crippen molar-refractivity contribution in [3.8, 4) is 0 Å². The van der Waals surface area contributed by atoms with Crippen molar-refractivity contribution >= 4 is 5.96 Å². The van der Waals surface area contributed by atoms with Crippen LogP contribution in [0.2, 0.25) is 0 Å². The van der Waals surface area contributed by atoms with Gasteiger partial charge in [-0.15, -0.1) is 16.8 Å². The Morgan fingerprint density at radius 3 is 2.48 bits per heavy atom. The predicted octanol–water partition coefficient (Wildman–Crippen LogP) is 2.61. The molecule has 2 N–H and O–H groups in total. The van der Waals surface area contributed by atoms with Gasteiger partial charge in [0.25, 0.3) is 0 Å². The second kappa shape index (κ2) is 9.20. The quantitative estimate of drug-likeness (QED) is 0.440. The van der Waals surface area contributed by atoms with Crippen molar-refractivity contribution in [3.63, 3.8) is 0 Å².